The fourth-order valence-corrected chi connectivity index (χ4v) is 3.53. The maximum absolute atomic E-state index is 14.2. The summed E-state index contributed by atoms with van der Waals surface area (Å²) in [6.45, 7) is 0.722. The molecule has 1 N–H and O–H groups in total. The zero-order valence-electron chi connectivity index (χ0n) is 15.4. The molecule has 146 valence electrons. The highest BCUT2D eigenvalue weighted by Crippen LogP contribution is 2.26. The normalized spacial score (nSPS) is 13.4. The van der Waals surface area contributed by atoms with Crippen molar-refractivity contribution in [3.63, 3.8) is 0 Å². The van der Waals surface area contributed by atoms with E-state index in [1.165, 1.54) is 17.0 Å². The van der Waals surface area contributed by atoms with Crippen molar-refractivity contribution in [3.8, 4) is 0 Å². The third-order valence-corrected chi connectivity index (χ3v) is 4.94. The molecule has 0 radical (unpaired) electrons. The Hall–Kier alpha value is -3.25. The number of anilines is 1. The van der Waals surface area contributed by atoms with Crippen molar-refractivity contribution >= 4 is 40.3 Å². The van der Waals surface area contributed by atoms with E-state index in [1.54, 1.807) is 42.6 Å². The summed E-state index contributed by atoms with van der Waals surface area (Å²) in [4.78, 5) is 33.6. The van der Waals surface area contributed by atoms with Crippen LogP contribution in [-0.4, -0.2) is 23.7 Å². The lowest BCUT2D eigenvalue weighted by molar-refractivity contribution is -0.114. The fourth-order valence-electron chi connectivity index (χ4n) is 3.35. The van der Waals surface area contributed by atoms with Crippen LogP contribution in [0.1, 0.15) is 12.0 Å². The number of pyridine rings is 1. The number of para-hydroxylation sites is 1. The van der Waals surface area contributed by atoms with E-state index in [1.807, 2.05) is 6.08 Å². The third-order valence-electron chi connectivity index (χ3n) is 4.71. The third kappa shape index (κ3) is 3.98. The first kappa shape index (κ1) is 19.1. The Labute approximate surface area is 171 Å². The Morgan fingerprint density at radius 3 is 2.79 bits per heavy atom. The molecule has 0 spiro atoms. The number of nitrogens with one attached hydrogen (secondary N) is 1. The number of carbonyl (C=O) groups is 1. The van der Waals surface area contributed by atoms with Crippen molar-refractivity contribution in [1.29, 1.82) is 0 Å². The number of carbonyl (C=O) groups excluding carboxylic acids is 1. The van der Waals surface area contributed by atoms with Crippen molar-refractivity contribution < 1.29 is 9.18 Å². The number of dihydropyridines is 1. The Morgan fingerprint density at radius 1 is 1.21 bits per heavy atom. The zero-order valence-corrected chi connectivity index (χ0v) is 16.1. The molecule has 2 aromatic carbocycles. The van der Waals surface area contributed by atoms with E-state index >= 15 is 0 Å². The highest BCUT2D eigenvalue weighted by atomic mass is 35.5. The maximum Gasteiger partial charge on any atom is 0.259 e. The highest BCUT2D eigenvalue weighted by molar-refractivity contribution is 6.31. The van der Waals surface area contributed by atoms with Crippen LogP contribution >= 0.6 is 11.6 Å². The molecule has 0 atom stereocenters. The number of fused-ring (bicyclic) bond motifs is 1. The number of nitrogens with zero attached hydrogens (tertiary/aromatic N) is 2. The summed E-state index contributed by atoms with van der Waals surface area (Å²) in [7, 11) is 0. The van der Waals surface area contributed by atoms with Crippen LogP contribution in [0.4, 0.5) is 10.1 Å². The summed E-state index contributed by atoms with van der Waals surface area (Å²) < 4.78 is 14.2. The molecule has 0 saturated carbocycles. The van der Waals surface area contributed by atoms with Crippen LogP contribution in [-0.2, 0) is 11.3 Å². The quantitative estimate of drug-likeness (QED) is 0.699. The minimum absolute atomic E-state index is 0.0776. The van der Waals surface area contributed by atoms with Crippen LogP contribution in [0.3, 0.4) is 0 Å². The smallest absolute Gasteiger partial charge is 0.259 e. The lowest BCUT2D eigenvalue weighted by atomic mass is 10.1. The molecule has 29 heavy (non-hydrogen) atoms. The van der Waals surface area contributed by atoms with Crippen molar-refractivity contribution in [2.45, 2.75) is 13.0 Å². The molecule has 0 unspecified atom stereocenters. The average molecular weight is 410 g/mol. The predicted molar refractivity (Wildman–Crippen MR) is 113 cm³/mol. The number of rotatable bonds is 4. The number of aromatic amines is 1. The Morgan fingerprint density at radius 2 is 2.03 bits per heavy atom. The largest absolute Gasteiger partial charge is 0.319 e. The van der Waals surface area contributed by atoms with Crippen molar-refractivity contribution in [2.75, 3.05) is 11.4 Å². The second-order valence-electron chi connectivity index (χ2n) is 6.68. The van der Waals surface area contributed by atoms with Gasteiger partial charge in [0, 0.05) is 34.9 Å². The molecular weight excluding hydrogens is 393 g/mol. The van der Waals surface area contributed by atoms with Gasteiger partial charge < -0.3 is 9.88 Å². The van der Waals surface area contributed by atoms with E-state index in [9.17, 15) is 14.0 Å². The van der Waals surface area contributed by atoms with Gasteiger partial charge in [-0.15, -0.1) is 0 Å². The van der Waals surface area contributed by atoms with Gasteiger partial charge in [-0.25, -0.2) is 4.39 Å². The summed E-state index contributed by atoms with van der Waals surface area (Å²) >= 11 is 6.14. The van der Waals surface area contributed by atoms with Gasteiger partial charge in [-0.2, -0.15) is 0 Å². The molecule has 1 aromatic heterocycles. The van der Waals surface area contributed by atoms with Crippen molar-refractivity contribution in [2.24, 2.45) is 4.99 Å². The molecule has 1 aliphatic rings. The molecule has 5 nitrogen and oxygen atoms in total. The summed E-state index contributed by atoms with van der Waals surface area (Å²) in [6.07, 6.45) is 4.07. The maximum atomic E-state index is 14.2. The van der Waals surface area contributed by atoms with Gasteiger partial charge in [0.2, 0.25) is 5.56 Å². The number of H-pyrrole nitrogens is 1. The number of aromatic nitrogens is 1. The first-order valence-corrected chi connectivity index (χ1v) is 9.48. The molecular formula is C22H17ClFN3O2. The number of hydrogen-bond donors (Lipinski definition) is 1. The summed E-state index contributed by atoms with van der Waals surface area (Å²) in [6, 6.07) is 12.9. The topological polar surface area (TPSA) is 65.5 Å². The molecule has 7 heteroatoms. The molecule has 0 aliphatic carbocycles. The highest BCUT2D eigenvalue weighted by Gasteiger charge is 2.22. The van der Waals surface area contributed by atoms with Gasteiger partial charge in [0.15, 0.2) is 0 Å². The van der Waals surface area contributed by atoms with Gasteiger partial charge in [0.1, 0.15) is 5.82 Å². The van der Waals surface area contributed by atoms with Gasteiger partial charge in [-0.3, -0.25) is 14.6 Å². The summed E-state index contributed by atoms with van der Waals surface area (Å²) in [5, 5.41) is 1.02. The number of aliphatic imine (C=N–C) groups is 1. The molecule has 1 aliphatic heterocycles. The Balaban J connectivity index is 1.83. The van der Waals surface area contributed by atoms with Crippen LogP contribution < -0.4 is 10.5 Å². The standard InChI is InChI=1S/C22H17ClFN3O2/c23-16-5-1-6-17(11-16)27(22(29)14-4-3-9-25-12-14)13-15-10-20(28)26-21-18(15)7-2-8-19(21)24/h1-2,4-8,10-12H,3,9,13H2,(H,26,28). The van der Waals surface area contributed by atoms with Crippen LogP contribution in [0.5, 0.6) is 0 Å². The molecule has 2 heterocycles. The molecule has 0 bridgehead atoms. The van der Waals surface area contributed by atoms with Gasteiger partial charge >= 0.3 is 0 Å². The van der Waals surface area contributed by atoms with E-state index in [2.05, 4.69) is 9.98 Å². The monoisotopic (exact) mass is 409 g/mol. The number of hydrogen-bond acceptors (Lipinski definition) is 3. The minimum Gasteiger partial charge on any atom is -0.319 e. The molecule has 1 amide bonds. The van der Waals surface area contributed by atoms with E-state index in [0.29, 0.717) is 40.2 Å². The molecule has 0 fully saturated rings. The zero-order chi connectivity index (χ0) is 20.4. The second-order valence-corrected chi connectivity index (χ2v) is 7.11. The first-order valence-electron chi connectivity index (χ1n) is 9.11. The van der Waals surface area contributed by atoms with Gasteiger partial charge in [0.25, 0.3) is 5.91 Å². The molecule has 3 aromatic rings. The van der Waals surface area contributed by atoms with E-state index in [4.69, 9.17) is 11.6 Å². The van der Waals surface area contributed by atoms with Gasteiger partial charge in [-0.05, 0) is 36.2 Å². The predicted octanol–water partition coefficient (Wildman–Crippen LogP) is 4.25. The average Bonchev–Trinajstić information content (AvgIpc) is 2.73. The lowest BCUT2D eigenvalue weighted by Gasteiger charge is -2.25. The first-order chi connectivity index (χ1) is 14.0. The van der Waals surface area contributed by atoms with Gasteiger partial charge in [0.05, 0.1) is 17.6 Å². The van der Waals surface area contributed by atoms with E-state index in [-0.39, 0.29) is 18.0 Å². The van der Waals surface area contributed by atoms with E-state index < -0.39 is 11.4 Å². The number of benzene rings is 2. The summed E-state index contributed by atoms with van der Waals surface area (Å²) in [5.41, 5.74) is 1.26. The number of amides is 1. The van der Waals surface area contributed by atoms with Crippen LogP contribution in [0.2, 0.25) is 5.02 Å². The van der Waals surface area contributed by atoms with Crippen LogP contribution in [0.25, 0.3) is 10.9 Å². The van der Waals surface area contributed by atoms with E-state index in [0.717, 1.165) is 0 Å². The van der Waals surface area contributed by atoms with Gasteiger partial charge in [-0.1, -0.05) is 35.9 Å². The fraction of sp³-hybridized carbons (Fsp3) is 0.136. The lowest BCUT2D eigenvalue weighted by Crippen LogP contribution is -2.33. The van der Waals surface area contributed by atoms with Crippen molar-refractivity contribution in [1.82, 2.24) is 4.98 Å². The molecule has 0 saturated heterocycles. The minimum atomic E-state index is -0.524. The molecule has 4 rings (SSSR count). The Kier molecular flexibility index (Phi) is 5.27. The number of halogens is 2. The summed E-state index contributed by atoms with van der Waals surface area (Å²) in [5.74, 6) is -0.787. The van der Waals surface area contributed by atoms with Crippen LogP contribution in [0.15, 0.2) is 70.0 Å². The Bertz CT molecular complexity index is 1220. The SMILES string of the molecule is O=C(C1=CCCN=C1)N(Cc1cc(=O)[nH]c2c(F)cccc12)c1cccc(Cl)c1. The second kappa shape index (κ2) is 8.01. The van der Waals surface area contributed by atoms with Crippen molar-refractivity contribution in [3.05, 3.63) is 86.9 Å². The van der Waals surface area contributed by atoms with Crippen LogP contribution in [0, 0.1) is 5.82 Å².